The third-order valence-electron chi connectivity index (χ3n) is 2.30. The van der Waals surface area contributed by atoms with Crippen LogP contribution >= 0.6 is 11.8 Å². The SMILES string of the molecule is Cn1cc(C(CN)Sc2nc(N)cc(=O)[nH]2)cn1. The van der Waals surface area contributed by atoms with Crippen molar-refractivity contribution in [3.8, 4) is 0 Å². The minimum atomic E-state index is -0.271. The topological polar surface area (TPSA) is 116 Å². The summed E-state index contributed by atoms with van der Waals surface area (Å²) in [4.78, 5) is 18.0. The third-order valence-corrected chi connectivity index (χ3v) is 3.47. The van der Waals surface area contributed by atoms with Crippen LogP contribution in [0.2, 0.25) is 0 Å². The van der Waals surface area contributed by atoms with E-state index < -0.39 is 0 Å². The average molecular weight is 266 g/mol. The van der Waals surface area contributed by atoms with Gasteiger partial charge in [-0.3, -0.25) is 9.48 Å². The quantitative estimate of drug-likeness (QED) is 0.525. The summed E-state index contributed by atoms with van der Waals surface area (Å²) < 4.78 is 1.70. The molecule has 2 heterocycles. The van der Waals surface area contributed by atoms with Crippen molar-refractivity contribution in [2.45, 2.75) is 10.4 Å². The van der Waals surface area contributed by atoms with Gasteiger partial charge in [-0.1, -0.05) is 11.8 Å². The predicted octanol–water partition coefficient (Wildman–Crippen LogP) is -0.122. The van der Waals surface area contributed by atoms with Gasteiger partial charge in [0.05, 0.1) is 11.4 Å². The van der Waals surface area contributed by atoms with Gasteiger partial charge in [-0.2, -0.15) is 5.10 Å². The number of hydrogen-bond donors (Lipinski definition) is 3. The van der Waals surface area contributed by atoms with E-state index >= 15 is 0 Å². The molecular formula is C10H14N6OS. The van der Waals surface area contributed by atoms with Crippen LogP contribution in [-0.2, 0) is 7.05 Å². The van der Waals surface area contributed by atoms with E-state index in [4.69, 9.17) is 11.5 Å². The zero-order valence-electron chi connectivity index (χ0n) is 9.83. The molecule has 8 heteroatoms. The maximum atomic E-state index is 11.3. The first-order chi connectivity index (χ1) is 8.58. The molecule has 5 N–H and O–H groups in total. The maximum Gasteiger partial charge on any atom is 0.253 e. The number of anilines is 1. The van der Waals surface area contributed by atoms with Gasteiger partial charge >= 0.3 is 0 Å². The Hall–Kier alpha value is -1.80. The Morgan fingerprint density at radius 3 is 2.94 bits per heavy atom. The van der Waals surface area contributed by atoms with E-state index in [0.717, 1.165) is 5.56 Å². The second-order valence-electron chi connectivity index (χ2n) is 3.76. The highest BCUT2D eigenvalue weighted by atomic mass is 32.2. The van der Waals surface area contributed by atoms with Crippen LogP contribution in [0.3, 0.4) is 0 Å². The lowest BCUT2D eigenvalue weighted by Gasteiger charge is -2.11. The van der Waals surface area contributed by atoms with Crippen LogP contribution in [0.15, 0.2) is 28.4 Å². The van der Waals surface area contributed by atoms with E-state index in [1.54, 1.807) is 10.9 Å². The Morgan fingerprint density at radius 2 is 2.39 bits per heavy atom. The first-order valence-corrected chi connectivity index (χ1v) is 6.18. The highest BCUT2D eigenvalue weighted by Gasteiger charge is 2.15. The maximum absolute atomic E-state index is 11.3. The van der Waals surface area contributed by atoms with Gasteiger partial charge in [-0.15, -0.1) is 0 Å². The smallest absolute Gasteiger partial charge is 0.253 e. The van der Waals surface area contributed by atoms with Crippen LogP contribution in [-0.4, -0.2) is 26.3 Å². The van der Waals surface area contributed by atoms with Crippen molar-refractivity contribution in [2.24, 2.45) is 12.8 Å². The molecule has 18 heavy (non-hydrogen) atoms. The monoisotopic (exact) mass is 266 g/mol. The van der Waals surface area contributed by atoms with E-state index in [-0.39, 0.29) is 16.6 Å². The number of nitrogens with two attached hydrogens (primary N) is 2. The summed E-state index contributed by atoms with van der Waals surface area (Å²) in [5.41, 5.74) is 12.0. The molecule has 2 aromatic heterocycles. The predicted molar refractivity (Wildman–Crippen MR) is 70.1 cm³/mol. The largest absolute Gasteiger partial charge is 0.383 e. The zero-order chi connectivity index (χ0) is 13.1. The molecule has 0 saturated heterocycles. The van der Waals surface area contributed by atoms with Crippen LogP contribution in [0.1, 0.15) is 10.8 Å². The molecule has 0 aliphatic heterocycles. The minimum absolute atomic E-state index is 0.0244. The number of nitrogens with zero attached hydrogens (tertiary/aromatic N) is 3. The summed E-state index contributed by atoms with van der Waals surface area (Å²) in [7, 11) is 1.84. The lowest BCUT2D eigenvalue weighted by atomic mass is 10.2. The summed E-state index contributed by atoms with van der Waals surface area (Å²) in [5, 5.41) is 4.53. The van der Waals surface area contributed by atoms with Crippen LogP contribution in [0.25, 0.3) is 0 Å². The number of aromatic amines is 1. The Morgan fingerprint density at radius 1 is 1.61 bits per heavy atom. The van der Waals surface area contributed by atoms with Gasteiger partial charge in [0.25, 0.3) is 5.56 Å². The Kier molecular flexibility index (Phi) is 3.68. The lowest BCUT2D eigenvalue weighted by molar-refractivity contribution is 0.766. The normalized spacial score (nSPS) is 12.6. The molecule has 0 radical (unpaired) electrons. The Labute approximate surface area is 108 Å². The van der Waals surface area contributed by atoms with Gasteiger partial charge in [0.15, 0.2) is 5.16 Å². The van der Waals surface area contributed by atoms with Crippen molar-refractivity contribution in [1.82, 2.24) is 19.7 Å². The molecule has 1 atom stereocenters. The lowest BCUT2D eigenvalue weighted by Crippen LogP contribution is -2.13. The van der Waals surface area contributed by atoms with Gasteiger partial charge < -0.3 is 16.5 Å². The van der Waals surface area contributed by atoms with Crippen LogP contribution in [0.4, 0.5) is 5.82 Å². The molecule has 0 spiro atoms. The molecule has 0 aliphatic rings. The van der Waals surface area contributed by atoms with Crippen molar-refractivity contribution >= 4 is 17.6 Å². The number of H-pyrrole nitrogens is 1. The molecule has 0 saturated carbocycles. The molecule has 0 amide bonds. The van der Waals surface area contributed by atoms with Gasteiger partial charge in [0.1, 0.15) is 5.82 Å². The highest BCUT2D eigenvalue weighted by molar-refractivity contribution is 7.99. The van der Waals surface area contributed by atoms with E-state index in [9.17, 15) is 4.79 Å². The Balaban J connectivity index is 2.22. The van der Waals surface area contributed by atoms with Gasteiger partial charge in [0.2, 0.25) is 0 Å². The van der Waals surface area contributed by atoms with Crippen molar-refractivity contribution in [1.29, 1.82) is 0 Å². The second kappa shape index (κ2) is 5.23. The van der Waals surface area contributed by atoms with Crippen LogP contribution in [0, 0.1) is 0 Å². The van der Waals surface area contributed by atoms with Crippen molar-refractivity contribution < 1.29 is 0 Å². The summed E-state index contributed by atoms with van der Waals surface area (Å²) in [6.07, 6.45) is 3.63. The van der Waals surface area contributed by atoms with E-state index in [2.05, 4.69) is 15.1 Å². The number of aryl methyl sites for hydroxylation is 1. The van der Waals surface area contributed by atoms with Crippen LogP contribution in [0.5, 0.6) is 0 Å². The van der Waals surface area contributed by atoms with Gasteiger partial charge in [-0.05, 0) is 0 Å². The summed E-state index contributed by atoms with van der Waals surface area (Å²) in [5.74, 6) is 0.197. The number of rotatable bonds is 4. The van der Waals surface area contributed by atoms with Crippen molar-refractivity contribution in [3.05, 3.63) is 34.4 Å². The van der Waals surface area contributed by atoms with Gasteiger partial charge in [-0.25, -0.2) is 4.98 Å². The summed E-state index contributed by atoms with van der Waals surface area (Å²) in [6.45, 7) is 0.412. The first-order valence-electron chi connectivity index (χ1n) is 5.30. The first kappa shape index (κ1) is 12.7. The van der Waals surface area contributed by atoms with Crippen LogP contribution < -0.4 is 17.0 Å². The van der Waals surface area contributed by atoms with E-state index in [0.29, 0.717) is 11.7 Å². The fourth-order valence-corrected chi connectivity index (χ4v) is 2.44. The number of thioether (sulfide) groups is 1. The van der Waals surface area contributed by atoms with Gasteiger partial charge in [0, 0.05) is 31.4 Å². The zero-order valence-corrected chi connectivity index (χ0v) is 10.6. The molecule has 0 aromatic carbocycles. The van der Waals surface area contributed by atoms with Crippen molar-refractivity contribution in [3.63, 3.8) is 0 Å². The van der Waals surface area contributed by atoms with E-state index in [1.165, 1.54) is 17.8 Å². The molecule has 2 rings (SSSR count). The number of aromatic nitrogens is 4. The fourth-order valence-electron chi connectivity index (χ4n) is 1.50. The molecule has 2 aromatic rings. The molecular weight excluding hydrogens is 252 g/mol. The highest BCUT2D eigenvalue weighted by Crippen LogP contribution is 2.31. The molecule has 1 unspecified atom stereocenters. The Bertz CT molecular complexity index is 592. The summed E-state index contributed by atoms with van der Waals surface area (Å²) in [6, 6.07) is 1.24. The molecule has 0 aliphatic carbocycles. The number of nitrogens with one attached hydrogen (secondary N) is 1. The molecule has 7 nitrogen and oxygen atoms in total. The standard InChI is InChI=1S/C10H14N6OS/c1-16-5-6(4-13-16)7(3-11)18-10-14-8(12)2-9(17)15-10/h2,4-5,7H,3,11H2,1H3,(H3,12,14,15,17). The average Bonchev–Trinajstić information content (AvgIpc) is 2.71. The number of nitrogen functional groups attached to an aromatic ring is 1. The molecule has 96 valence electrons. The molecule has 0 fully saturated rings. The fraction of sp³-hybridized carbons (Fsp3) is 0.300. The minimum Gasteiger partial charge on any atom is -0.383 e. The summed E-state index contributed by atoms with van der Waals surface area (Å²) >= 11 is 1.36. The number of hydrogen-bond acceptors (Lipinski definition) is 6. The molecule has 0 bridgehead atoms. The third kappa shape index (κ3) is 2.90. The van der Waals surface area contributed by atoms with E-state index in [1.807, 2.05) is 13.2 Å². The van der Waals surface area contributed by atoms with Crippen molar-refractivity contribution in [2.75, 3.05) is 12.3 Å². The second-order valence-corrected chi connectivity index (χ2v) is 4.96.